The van der Waals surface area contributed by atoms with E-state index in [1.54, 1.807) is 0 Å². The van der Waals surface area contributed by atoms with Crippen LogP contribution in [-0.4, -0.2) is 63.3 Å². The first-order valence-electron chi connectivity index (χ1n) is 18.6. The van der Waals surface area contributed by atoms with E-state index in [4.69, 9.17) is 9.47 Å². The molecule has 1 fully saturated rings. The van der Waals surface area contributed by atoms with Gasteiger partial charge in [-0.2, -0.15) is 0 Å². The molecule has 6 nitrogen and oxygen atoms in total. The first-order chi connectivity index (χ1) is 24.5. The highest BCUT2D eigenvalue weighted by molar-refractivity contribution is 5.37. The summed E-state index contributed by atoms with van der Waals surface area (Å²) < 4.78 is 11.4. The number of aliphatic hydroxyl groups excluding tert-OH is 4. The Kier molecular flexibility index (Phi) is 18.9. The summed E-state index contributed by atoms with van der Waals surface area (Å²) in [7, 11) is 0. The molecule has 4 N–H and O–H groups in total. The van der Waals surface area contributed by atoms with Crippen LogP contribution in [0.1, 0.15) is 94.9 Å². The van der Waals surface area contributed by atoms with Crippen molar-refractivity contribution in [2.75, 3.05) is 6.61 Å². The van der Waals surface area contributed by atoms with Crippen LogP contribution in [0.4, 0.5) is 0 Å². The number of hydrogen-bond donors (Lipinski definition) is 4. The van der Waals surface area contributed by atoms with Crippen molar-refractivity contribution in [3.63, 3.8) is 0 Å². The van der Waals surface area contributed by atoms with Gasteiger partial charge < -0.3 is 29.9 Å². The van der Waals surface area contributed by atoms with Crippen LogP contribution in [0, 0.1) is 5.41 Å². The van der Waals surface area contributed by atoms with Crippen molar-refractivity contribution in [2.45, 2.75) is 131 Å². The van der Waals surface area contributed by atoms with Crippen molar-refractivity contribution in [1.82, 2.24) is 0 Å². The van der Waals surface area contributed by atoms with Crippen molar-refractivity contribution in [3.8, 4) is 0 Å². The Bertz CT molecular complexity index is 1530. The molecule has 0 radical (unpaired) electrons. The zero-order chi connectivity index (χ0) is 38.9. The van der Waals surface area contributed by atoms with E-state index in [2.05, 4.69) is 121 Å². The van der Waals surface area contributed by atoms with E-state index in [-0.39, 0.29) is 5.41 Å². The summed E-state index contributed by atoms with van der Waals surface area (Å²) in [4.78, 5) is 0. The van der Waals surface area contributed by atoms with Gasteiger partial charge in [-0.25, -0.2) is 0 Å². The molecule has 0 bridgehead atoms. The van der Waals surface area contributed by atoms with Gasteiger partial charge in [-0.05, 0) is 92.1 Å². The van der Waals surface area contributed by atoms with Crippen LogP contribution in [0.15, 0.2) is 142 Å². The Balaban J connectivity index is 1.82. The average Bonchev–Trinajstić information content (AvgIpc) is 3.06. The third-order valence-electron chi connectivity index (χ3n) is 9.31. The lowest BCUT2D eigenvalue weighted by molar-refractivity contribution is -0.322. The summed E-state index contributed by atoms with van der Waals surface area (Å²) >= 11 is 0. The van der Waals surface area contributed by atoms with Gasteiger partial charge in [0.1, 0.15) is 24.4 Å². The summed E-state index contributed by atoms with van der Waals surface area (Å²) in [5.41, 5.74) is 8.32. The minimum absolute atomic E-state index is 0.263. The van der Waals surface area contributed by atoms with Gasteiger partial charge in [-0.1, -0.05) is 151 Å². The lowest BCUT2D eigenvalue weighted by Gasteiger charge is -2.42. The Morgan fingerprint density at radius 2 is 1.21 bits per heavy atom. The summed E-state index contributed by atoms with van der Waals surface area (Å²) in [5.74, 6) is 0. The molecule has 6 heteroatoms. The molecule has 5 atom stereocenters. The molecule has 2 rings (SSSR count). The van der Waals surface area contributed by atoms with E-state index >= 15 is 0 Å². The minimum atomic E-state index is -1.46. The third-order valence-corrected chi connectivity index (χ3v) is 9.31. The molecule has 0 spiro atoms. The van der Waals surface area contributed by atoms with Crippen LogP contribution >= 0.6 is 0 Å². The van der Waals surface area contributed by atoms with E-state index in [9.17, 15) is 20.4 Å². The van der Waals surface area contributed by atoms with Gasteiger partial charge in [0.25, 0.3) is 0 Å². The van der Waals surface area contributed by atoms with Gasteiger partial charge in [0.05, 0.1) is 12.2 Å². The number of ether oxygens (including phenoxy) is 2. The molecule has 1 aliphatic carbocycles. The smallest absolute Gasteiger partial charge is 0.187 e. The van der Waals surface area contributed by atoms with Crippen LogP contribution in [0.2, 0.25) is 0 Å². The summed E-state index contributed by atoms with van der Waals surface area (Å²) in [6.07, 6.45) is 33.4. The quantitative estimate of drug-likeness (QED) is 0.119. The number of allylic oxidation sites excluding steroid dienone is 23. The van der Waals surface area contributed by atoms with Gasteiger partial charge in [-0.3, -0.25) is 0 Å². The molecule has 1 saturated heterocycles. The monoisotopic (exact) mass is 714 g/mol. The van der Waals surface area contributed by atoms with Crippen LogP contribution in [0.5, 0.6) is 0 Å². The van der Waals surface area contributed by atoms with Crippen molar-refractivity contribution in [2.24, 2.45) is 5.41 Å². The Morgan fingerprint density at radius 1 is 0.731 bits per heavy atom. The molecule has 0 aromatic rings. The fourth-order valence-electron chi connectivity index (χ4n) is 6.03. The molecule has 286 valence electrons. The van der Waals surface area contributed by atoms with Gasteiger partial charge in [0.15, 0.2) is 6.29 Å². The molecule has 1 aliphatic heterocycles. The van der Waals surface area contributed by atoms with Crippen LogP contribution in [0.25, 0.3) is 0 Å². The van der Waals surface area contributed by atoms with Gasteiger partial charge >= 0.3 is 0 Å². The molecule has 2 aliphatic rings. The Labute approximate surface area is 314 Å². The number of hydrogen-bond acceptors (Lipinski definition) is 6. The zero-order valence-corrected chi connectivity index (χ0v) is 33.3. The maximum Gasteiger partial charge on any atom is 0.187 e. The fourth-order valence-corrected chi connectivity index (χ4v) is 6.03. The zero-order valence-electron chi connectivity index (χ0n) is 33.3. The second kappa shape index (κ2) is 22.0. The van der Waals surface area contributed by atoms with E-state index in [1.807, 2.05) is 51.2 Å². The highest BCUT2D eigenvalue weighted by atomic mass is 16.7. The second-order valence-corrected chi connectivity index (χ2v) is 15.5. The van der Waals surface area contributed by atoms with Crippen molar-refractivity contribution < 1.29 is 29.9 Å². The normalized spacial score (nSPS) is 26.6. The molecule has 0 amide bonds. The first-order valence-corrected chi connectivity index (χ1v) is 18.6. The standard InChI is InChI=1S/C46H66O6/c1-33(18-11-12-19-34(2)21-15-25-37(5)28-29-39-38(6)27-17-30-45(39,7)8)20-13-22-35(3)23-14-24-36(4)26-16-31-46(9,10)52-44-43(50)42(49)41(48)40(32-47)51-44/h11-16,18-26,28-29,40-44,47-50H,17,27,30-32H2,1-10H3/b12-11+,20-13+,21-15+,23-14+,26-16+,29-28+,33-18+,34-19+,35-22+,36-24+,37-25+/t40-,41-,42+,43-,44+/m1/s1. The Hall–Kier alpha value is -3.36. The predicted octanol–water partition coefficient (Wildman–Crippen LogP) is 9.57. The van der Waals surface area contributed by atoms with Crippen molar-refractivity contribution in [1.29, 1.82) is 0 Å². The molecule has 52 heavy (non-hydrogen) atoms. The second-order valence-electron chi connectivity index (χ2n) is 15.5. The van der Waals surface area contributed by atoms with Crippen LogP contribution < -0.4 is 0 Å². The maximum atomic E-state index is 10.3. The number of rotatable bonds is 16. The molecule has 0 aromatic carbocycles. The lowest BCUT2D eigenvalue weighted by Crippen LogP contribution is -2.60. The molecule has 0 aromatic heterocycles. The molecular formula is C46H66O6. The van der Waals surface area contributed by atoms with Crippen LogP contribution in [0.3, 0.4) is 0 Å². The topological polar surface area (TPSA) is 99.4 Å². The van der Waals surface area contributed by atoms with Crippen molar-refractivity contribution in [3.05, 3.63) is 142 Å². The number of aliphatic hydroxyl groups is 4. The van der Waals surface area contributed by atoms with E-state index in [0.29, 0.717) is 6.42 Å². The highest BCUT2D eigenvalue weighted by Crippen LogP contribution is 2.40. The SMILES string of the molecule is CC1=C(/C=C/C(C)=C/C=C/C(C)=C/C=C/C=C(C)/C=C/C=C(C)/C=C/C=C(C)/C=C/CC(C)(C)O[C@@H]2O[C@H](CO)[C@@H](O)[C@H](O)[C@H]2O)C(C)(C)CCC1. The maximum absolute atomic E-state index is 10.3. The molecular weight excluding hydrogens is 649 g/mol. The highest BCUT2D eigenvalue weighted by Gasteiger charge is 2.45. The summed E-state index contributed by atoms with van der Waals surface area (Å²) in [5, 5.41) is 39.7. The molecule has 1 heterocycles. The molecule has 0 saturated carbocycles. The van der Waals surface area contributed by atoms with E-state index in [0.717, 1.165) is 16.7 Å². The van der Waals surface area contributed by atoms with E-state index < -0.39 is 42.9 Å². The van der Waals surface area contributed by atoms with Crippen LogP contribution in [-0.2, 0) is 9.47 Å². The largest absolute Gasteiger partial charge is 0.394 e. The third kappa shape index (κ3) is 16.1. The van der Waals surface area contributed by atoms with Gasteiger partial charge in [-0.15, -0.1) is 0 Å². The first kappa shape index (κ1) is 44.8. The van der Waals surface area contributed by atoms with E-state index in [1.165, 1.54) is 41.6 Å². The predicted molar refractivity (Wildman–Crippen MR) is 218 cm³/mol. The Morgan fingerprint density at radius 3 is 1.71 bits per heavy atom. The summed E-state index contributed by atoms with van der Waals surface area (Å²) in [6.45, 7) is 20.6. The van der Waals surface area contributed by atoms with Gasteiger partial charge in [0, 0.05) is 0 Å². The van der Waals surface area contributed by atoms with Crippen molar-refractivity contribution >= 4 is 0 Å². The molecule has 0 unspecified atom stereocenters. The lowest BCUT2D eigenvalue weighted by atomic mass is 9.72. The minimum Gasteiger partial charge on any atom is -0.394 e. The van der Waals surface area contributed by atoms with Gasteiger partial charge in [0.2, 0.25) is 0 Å². The fraction of sp³-hybridized carbons (Fsp3) is 0.478. The average molecular weight is 715 g/mol. The summed E-state index contributed by atoms with van der Waals surface area (Å²) in [6, 6.07) is 0.